The normalized spacial score (nSPS) is 11.1. The Morgan fingerprint density at radius 2 is 1.70 bits per heavy atom. The van der Waals surface area contributed by atoms with E-state index in [-0.39, 0.29) is 10.5 Å². The van der Waals surface area contributed by atoms with Gasteiger partial charge in [-0.2, -0.15) is 0 Å². The Morgan fingerprint density at radius 1 is 0.973 bits per heavy atom. The molecule has 4 aromatic rings. The standard InChI is InChI=1S/C25H22N4O5S3/c1-29(20-8-4-3-5-9-20)37(32,33)21-10-6-7-19(15-21)22(30)26-24-27-28-25(36-24)35-16-17-11-13-18(14-12-17)23(31)34-2/h3-15H,16H2,1-2H3,(H,26,27,30). The number of aromatic nitrogens is 2. The third-order valence-corrected chi connectivity index (χ3v) is 9.06. The van der Waals surface area contributed by atoms with Gasteiger partial charge in [-0.15, -0.1) is 10.2 Å². The summed E-state index contributed by atoms with van der Waals surface area (Å²) in [6.07, 6.45) is 0. The average Bonchev–Trinajstić information content (AvgIpc) is 3.39. The Bertz CT molecular complexity index is 1510. The van der Waals surface area contributed by atoms with Crippen LogP contribution in [0.3, 0.4) is 0 Å². The van der Waals surface area contributed by atoms with Crippen molar-refractivity contribution < 1.29 is 22.7 Å². The van der Waals surface area contributed by atoms with Crippen molar-refractivity contribution in [3.05, 3.63) is 95.6 Å². The first-order chi connectivity index (χ1) is 17.8. The van der Waals surface area contributed by atoms with Crippen LogP contribution in [0, 0.1) is 0 Å². The van der Waals surface area contributed by atoms with Gasteiger partial charge in [0.15, 0.2) is 4.34 Å². The van der Waals surface area contributed by atoms with Gasteiger partial charge < -0.3 is 4.74 Å². The summed E-state index contributed by atoms with van der Waals surface area (Å²) in [7, 11) is -1.06. The molecule has 1 N–H and O–H groups in total. The number of hydrogen-bond donors (Lipinski definition) is 1. The van der Waals surface area contributed by atoms with Gasteiger partial charge in [0.05, 0.1) is 23.3 Å². The van der Waals surface area contributed by atoms with Crippen LogP contribution in [0.1, 0.15) is 26.3 Å². The number of methoxy groups -OCH3 is 1. The van der Waals surface area contributed by atoms with E-state index in [0.717, 1.165) is 5.56 Å². The third kappa shape index (κ3) is 6.34. The molecule has 0 spiro atoms. The molecule has 1 aromatic heterocycles. The monoisotopic (exact) mass is 554 g/mol. The zero-order chi connectivity index (χ0) is 26.4. The van der Waals surface area contributed by atoms with E-state index in [1.54, 1.807) is 42.5 Å². The number of rotatable bonds is 9. The smallest absolute Gasteiger partial charge is 0.337 e. The van der Waals surface area contributed by atoms with Gasteiger partial charge in [-0.05, 0) is 48.0 Å². The molecule has 0 aliphatic heterocycles. The molecule has 0 unspecified atom stereocenters. The Balaban J connectivity index is 1.39. The number of para-hydroxylation sites is 1. The maximum absolute atomic E-state index is 13.1. The fourth-order valence-corrected chi connectivity index (χ4v) is 6.17. The molecule has 3 aromatic carbocycles. The third-order valence-electron chi connectivity index (χ3n) is 5.24. The van der Waals surface area contributed by atoms with Gasteiger partial charge in [-0.3, -0.25) is 14.4 Å². The van der Waals surface area contributed by atoms with Gasteiger partial charge in [0, 0.05) is 18.4 Å². The van der Waals surface area contributed by atoms with Crippen molar-refractivity contribution in [1.82, 2.24) is 10.2 Å². The quantitative estimate of drug-likeness (QED) is 0.180. The Morgan fingerprint density at radius 3 is 2.41 bits per heavy atom. The van der Waals surface area contributed by atoms with Gasteiger partial charge in [0.25, 0.3) is 15.9 Å². The van der Waals surface area contributed by atoms with Gasteiger partial charge in [-0.25, -0.2) is 13.2 Å². The number of benzene rings is 3. The molecule has 0 saturated carbocycles. The van der Waals surface area contributed by atoms with Gasteiger partial charge in [0.1, 0.15) is 0 Å². The maximum Gasteiger partial charge on any atom is 0.337 e. The molecule has 4 rings (SSSR count). The SMILES string of the molecule is COC(=O)c1ccc(CSc2nnc(NC(=O)c3cccc(S(=O)(=O)N(C)c4ccccc4)c3)s2)cc1. The number of nitrogens with zero attached hydrogens (tertiary/aromatic N) is 3. The zero-order valence-corrected chi connectivity index (χ0v) is 22.3. The van der Waals surface area contributed by atoms with Crippen molar-refractivity contribution in [3.8, 4) is 0 Å². The molecule has 0 fully saturated rings. The van der Waals surface area contributed by atoms with Crippen LogP contribution in [0.5, 0.6) is 0 Å². The number of amides is 1. The molecular formula is C25H22N4O5S3. The number of thioether (sulfide) groups is 1. The number of esters is 1. The molecule has 9 nitrogen and oxygen atoms in total. The minimum Gasteiger partial charge on any atom is -0.465 e. The van der Waals surface area contributed by atoms with Crippen LogP contribution in [0.25, 0.3) is 0 Å². The average molecular weight is 555 g/mol. The molecule has 0 aliphatic rings. The predicted octanol–water partition coefficient (Wildman–Crippen LogP) is 4.69. The fourth-order valence-electron chi connectivity index (χ4n) is 3.22. The lowest BCUT2D eigenvalue weighted by Crippen LogP contribution is -2.26. The Hall–Kier alpha value is -3.74. The number of hydrogen-bond acceptors (Lipinski definition) is 9. The van der Waals surface area contributed by atoms with Crippen LogP contribution in [0.15, 0.2) is 88.1 Å². The molecular weight excluding hydrogens is 532 g/mol. The minimum absolute atomic E-state index is 0.00164. The van der Waals surface area contributed by atoms with Gasteiger partial charge in [0.2, 0.25) is 5.13 Å². The second kappa shape index (κ2) is 11.5. The molecule has 37 heavy (non-hydrogen) atoms. The molecule has 0 atom stereocenters. The van der Waals surface area contributed by atoms with Crippen molar-refractivity contribution in [3.63, 3.8) is 0 Å². The molecule has 1 amide bonds. The molecule has 0 bridgehead atoms. The fraction of sp³-hybridized carbons (Fsp3) is 0.120. The molecule has 0 saturated heterocycles. The Labute approximate surface area is 222 Å². The summed E-state index contributed by atoms with van der Waals surface area (Å²) < 4.78 is 32.7. The number of carbonyl (C=O) groups excluding carboxylic acids is 2. The number of sulfonamides is 1. The molecule has 1 heterocycles. The number of nitrogens with one attached hydrogen (secondary N) is 1. The lowest BCUT2D eigenvalue weighted by molar-refractivity contribution is 0.0600. The van der Waals surface area contributed by atoms with E-state index in [9.17, 15) is 18.0 Å². The van der Waals surface area contributed by atoms with E-state index in [0.29, 0.717) is 26.5 Å². The largest absolute Gasteiger partial charge is 0.465 e. The van der Waals surface area contributed by atoms with E-state index in [4.69, 9.17) is 4.74 Å². The maximum atomic E-state index is 13.1. The summed E-state index contributed by atoms with van der Waals surface area (Å²) in [6, 6.07) is 21.6. The summed E-state index contributed by atoms with van der Waals surface area (Å²) in [5.74, 6) is -0.292. The van der Waals surface area contributed by atoms with Crippen molar-refractivity contribution in [2.45, 2.75) is 15.0 Å². The van der Waals surface area contributed by atoms with Gasteiger partial charge >= 0.3 is 5.97 Å². The second-order valence-electron chi connectivity index (χ2n) is 7.64. The summed E-state index contributed by atoms with van der Waals surface area (Å²) >= 11 is 2.64. The summed E-state index contributed by atoms with van der Waals surface area (Å²) in [5.41, 5.74) is 2.14. The van der Waals surface area contributed by atoms with Crippen molar-refractivity contribution in [1.29, 1.82) is 0 Å². The molecule has 190 valence electrons. The number of carbonyl (C=O) groups is 2. The number of ether oxygens (including phenoxy) is 1. The highest BCUT2D eigenvalue weighted by Gasteiger charge is 2.22. The second-order valence-corrected chi connectivity index (χ2v) is 11.8. The molecule has 12 heteroatoms. The highest BCUT2D eigenvalue weighted by Crippen LogP contribution is 2.29. The van der Waals surface area contributed by atoms with Gasteiger partial charge in [-0.1, -0.05) is 59.5 Å². The van der Waals surface area contributed by atoms with E-state index >= 15 is 0 Å². The van der Waals surface area contributed by atoms with Crippen LogP contribution >= 0.6 is 23.1 Å². The van der Waals surface area contributed by atoms with E-state index < -0.39 is 21.9 Å². The topological polar surface area (TPSA) is 119 Å². The van der Waals surface area contributed by atoms with E-state index in [1.165, 1.54) is 65.8 Å². The van der Waals surface area contributed by atoms with Crippen LogP contribution in [0.4, 0.5) is 10.8 Å². The summed E-state index contributed by atoms with van der Waals surface area (Å²) in [5, 5.41) is 11.1. The van der Waals surface area contributed by atoms with Crippen molar-refractivity contribution in [2.75, 3.05) is 23.8 Å². The zero-order valence-electron chi connectivity index (χ0n) is 19.8. The minimum atomic E-state index is -3.86. The highest BCUT2D eigenvalue weighted by molar-refractivity contribution is 8.00. The molecule has 0 radical (unpaired) electrons. The van der Waals surface area contributed by atoms with Crippen molar-refractivity contribution >= 4 is 55.8 Å². The first-order valence-electron chi connectivity index (χ1n) is 10.9. The van der Waals surface area contributed by atoms with E-state index in [1.807, 2.05) is 12.1 Å². The summed E-state index contributed by atoms with van der Waals surface area (Å²) in [4.78, 5) is 24.3. The van der Waals surface area contributed by atoms with Crippen LogP contribution in [-0.2, 0) is 20.5 Å². The van der Waals surface area contributed by atoms with Crippen molar-refractivity contribution in [2.24, 2.45) is 0 Å². The van der Waals surface area contributed by atoms with Crippen LogP contribution < -0.4 is 9.62 Å². The predicted molar refractivity (Wildman–Crippen MR) is 144 cm³/mol. The Kier molecular flexibility index (Phi) is 8.21. The lowest BCUT2D eigenvalue weighted by Gasteiger charge is -2.19. The first-order valence-corrected chi connectivity index (χ1v) is 14.1. The van der Waals surface area contributed by atoms with E-state index in [2.05, 4.69) is 15.5 Å². The number of anilines is 2. The summed E-state index contributed by atoms with van der Waals surface area (Å²) in [6.45, 7) is 0. The first kappa shape index (κ1) is 26.3. The lowest BCUT2D eigenvalue weighted by atomic mass is 10.1. The molecule has 0 aliphatic carbocycles. The highest BCUT2D eigenvalue weighted by atomic mass is 32.2. The van der Waals surface area contributed by atoms with Crippen LogP contribution in [0.2, 0.25) is 0 Å². The van der Waals surface area contributed by atoms with Crippen LogP contribution in [-0.4, -0.2) is 44.6 Å².